The first-order chi connectivity index (χ1) is 13.6. The number of hydrogen-bond acceptors (Lipinski definition) is 5. The Labute approximate surface area is 167 Å². The fourth-order valence-corrected chi connectivity index (χ4v) is 2.74. The van der Waals surface area contributed by atoms with Crippen LogP contribution in [0.15, 0.2) is 41.7 Å². The highest BCUT2D eigenvalue weighted by Crippen LogP contribution is 2.30. The molecular weight excluding hydrogens is 356 g/mol. The number of nitrogens with one attached hydrogen (secondary N) is 1. The molecule has 0 spiro atoms. The van der Waals surface area contributed by atoms with Gasteiger partial charge in [-0.15, -0.1) is 0 Å². The van der Waals surface area contributed by atoms with Crippen LogP contribution in [0.2, 0.25) is 0 Å². The number of rotatable bonds is 9. The smallest absolute Gasteiger partial charge is 0.194 e. The van der Waals surface area contributed by atoms with Gasteiger partial charge in [0.25, 0.3) is 0 Å². The lowest BCUT2D eigenvalue weighted by atomic mass is 10.1. The molecule has 0 aliphatic carbocycles. The summed E-state index contributed by atoms with van der Waals surface area (Å²) in [4.78, 5) is 10.8. The molecule has 7 nitrogen and oxygen atoms in total. The lowest BCUT2D eigenvalue weighted by Crippen LogP contribution is -2.39. The summed E-state index contributed by atoms with van der Waals surface area (Å²) in [5.74, 6) is 3.03. The van der Waals surface area contributed by atoms with E-state index in [1.54, 1.807) is 26.6 Å². The van der Waals surface area contributed by atoms with Crippen LogP contribution in [-0.4, -0.2) is 56.8 Å². The fraction of sp³-hybridized carbons (Fsp3) is 0.429. The maximum atomic E-state index is 5.66. The first-order valence-electron chi connectivity index (χ1n) is 9.32. The number of aryl methyl sites for hydroxylation is 1. The van der Waals surface area contributed by atoms with Crippen LogP contribution in [0.1, 0.15) is 18.1 Å². The topological polar surface area (TPSA) is 68.2 Å². The van der Waals surface area contributed by atoms with Crippen LogP contribution in [-0.2, 0) is 6.54 Å². The minimum atomic E-state index is 0.490. The highest BCUT2D eigenvalue weighted by atomic mass is 16.5. The molecule has 0 bridgehead atoms. The molecule has 0 fully saturated rings. The van der Waals surface area contributed by atoms with Crippen molar-refractivity contribution in [3.63, 3.8) is 0 Å². The third-order valence-electron chi connectivity index (χ3n) is 4.20. The number of aromatic nitrogens is 1. The summed E-state index contributed by atoms with van der Waals surface area (Å²) in [6.45, 7) is 6.64. The molecule has 0 aliphatic rings. The average molecular weight is 386 g/mol. The van der Waals surface area contributed by atoms with E-state index in [0.717, 1.165) is 40.9 Å². The van der Waals surface area contributed by atoms with E-state index in [1.807, 2.05) is 31.3 Å². The van der Waals surface area contributed by atoms with Crippen molar-refractivity contribution in [3.05, 3.63) is 47.8 Å². The molecule has 152 valence electrons. The molecule has 28 heavy (non-hydrogen) atoms. The van der Waals surface area contributed by atoms with Crippen molar-refractivity contribution in [1.29, 1.82) is 0 Å². The molecule has 0 radical (unpaired) electrons. The maximum Gasteiger partial charge on any atom is 0.194 e. The van der Waals surface area contributed by atoms with E-state index in [4.69, 9.17) is 14.2 Å². The van der Waals surface area contributed by atoms with Crippen LogP contribution in [0.5, 0.6) is 17.2 Å². The number of ether oxygens (including phenoxy) is 3. The van der Waals surface area contributed by atoms with E-state index in [-0.39, 0.29) is 0 Å². The highest BCUT2D eigenvalue weighted by Gasteiger charge is 2.12. The summed E-state index contributed by atoms with van der Waals surface area (Å²) in [6, 6.07) is 7.74. The summed E-state index contributed by atoms with van der Waals surface area (Å²) in [6.07, 6.45) is 3.42. The summed E-state index contributed by atoms with van der Waals surface area (Å²) in [7, 11) is 5.31. The Hall–Kier alpha value is -2.96. The monoisotopic (exact) mass is 386 g/mol. The van der Waals surface area contributed by atoms with Gasteiger partial charge in [-0.25, -0.2) is 4.99 Å². The Balaban J connectivity index is 2.02. The number of pyridine rings is 1. The molecule has 0 saturated carbocycles. The molecule has 1 aromatic carbocycles. The number of guanidine groups is 1. The van der Waals surface area contributed by atoms with Gasteiger partial charge in [0.2, 0.25) is 0 Å². The number of methoxy groups -OCH3 is 2. The normalized spacial score (nSPS) is 11.1. The lowest BCUT2D eigenvalue weighted by Gasteiger charge is -2.23. The molecule has 2 aromatic rings. The number of nitrogens with zero attached hydrogens (tertiary/aromatic N) is 3. The maximum absolute atomic E-state index is 5.66. The third-order valence-corrected chi connectivity index (χ3v) is 4.20. The van der Waals surface area contributed by atoms with E-state index in [2.05, 4.69) is 34.0 Å². The Kier molecular flexibility index (Phi) is 8.39. The van der Waals surface area contributed by atoms with Gasteiger partial charge in [-0.1, -0.05) is 0 Å². The summed E-state index contributed by atoms with van der Waals surface area (Å²) in [5, 5.41) is 3.32. The quantitative estimate of drug-likeness (QED) is 0.406. The predicted molar refractivity (Wildman–Crippen MR) is 111 cm³/mol. The van der Waals surface area contributed by atoms with E-state index in [1.165, 1.54) is 0 Å². The van der Waals surface area contributed by atoms with E-state index < -0.39 is 0 Å². The van der Waals surface area contributed by atoms with Crippen LogP contribution in [0.3, 0.4) is 0 Å². The van der Waals surface area contributed by atoms with Gasteiger partial charge < -0.3 is 24.4 Å². The van der Waals surface area contributed by atoms with Crippen molar-refractivity contribution >= 4 is 5.96 Å². The minimum Gasteiger partial charge on any atom is -0.493 e. The number of benzene rings is 1. The molecule has 1 heterocycles. The van der Waals surface area contributed by atoms with Crippen LogP contribution < -0.4 is 19.5 Å². The van der Waals surface area contributed by atoms with Crippen molar-refractivity contribution in [2.45, 2.75) is 20.4 Å². The Morgan fingerprint density at radius 1 is 1.21 bits per heavy atom. The van der Waals surface area contributed by atoms with E-state index in [9.17, 15) is 0 Å². The van der Waals surface area contributed by atoms with Gasteiger partial charge in [-0.2, -0.15) is 0 Å². The standard InChI is InChI=1S/C21H30N4O3/c1-6-23-21(24-10-11-28-18-8-7-9-22-14-18)25(3)15-17-13-20(27-5)19(26-4)12-16(17)2/h7-9,12-14H,6,10-11,15H2,1-5H3,(H,23,24). The zero-order valence-electron chi connectivity index (χ0n) is 17.4. The van der Waals surface area contributed by atoms with Gasteiger partial charge in [0.05, 0.1) is 27.0 Å². The Morgan fingerprint density at radius 3 is 2.61 bits per heavy atom. The molecule has 0 unspecified atom stereocenters. The van der Waals surface area contributed by atoms with Crippen molar-refractivity contribution in [3.8, 4) is 17.2 Å². The second-order valence-corrected chi connectivity index (χ2v) is 6.26. The van der Waals surface area contributed by atoms with Crippen molar-refractivity contribution < 1.29 is 14.2 Å². The molecule has 1 N–H and O–H groups in total. The Bertz CT molecular complexity index is 766. The van der Waals surface area contributed by atoms with Crippen molar-refractivity contribution in [2.75, 3.05) is 41.0 Å². The van der Waals surface area contributed by atoms with Gasteiger partial charge >= 0.3 is 0 Å². The zero-order valence-corrected chi connectivity index (χ0v) is 17.4. The second-order valence-electron chi connectivity index (χ2n) is 6.26. The Morgan fingerprint density at radius 2 is 1.96 bits per heavy atom. The van der Waals surface area contributed by atoms with Gasteiger partial charge in [-0.3, -0.25) is 4.98 Å². The fourth-order valence-electron chi connectivity index (χ4n) is 2.74. The molecule has 7 heteroatoms. The summed E-state index contributed by atoms with van der Waals surface area (Å²) >= 11 is 0. The number of aliphatic imine (C=N–C) groups is 1. The van der Waals surface area contributed by atoms with Gasteiger partial charge in [0.1, 0.15) is 12.4 Å². The molecular formula is C21H30N4O3. The van der Waals surface area contributed by atoms with Crippen LogP contribution in [0.4, 0.5) is 0 Å². The second kappa shape index (κ2) is 11.0. The largest absolute Gasteiger partial charge is 0.493 e. The summed E-state index contributed by atoms with van der Waals surface area (Å²) in [5.41, 5.74) is 2.29. The minimum absolute atomic E-state index is 0.490. The average Bonchev–Trinajstić information content (AvgIpc) is 2.72. The lowest BCUT2D eigenvalue weighted by molar-refractivity contribution is 0.326. The zero-order chi connectivity index (χ0) is 20.4. The van der Waals surface area contributed by atoms with Crippen molar-refractivity contribution in [1.82, 2.24) is 15.2 Å². The SMILES string of the molecule is CCNC(=NCCOc1cccnc1)N(C)Cc1cc(OC)c(OC)cc1C. The molecule has 1 aromatic heterocycles. The van der Waals surface area contributed by atoms with E-state index in [0.29, 0.717) is 19.7 Å². The van der Waals surface area contributed by atoms with Gasteiger partial charge in [0, 0.05) is 26.3 Å². The molecule has 2 rings (SSSR count). The first kappa shape index (κ1) is 21.3. The third kappa shape index (κ3) is 6.04. The molecule has 0 atom stereocenters. The molecule has 0 aliphatic heterocycles. The van der Waals surface area contributed by atoms with Crippen molar-refractivity contribution in [2.24, 2.45) is 4.99 Å². The summed E-state index contributed by atoms with van der Waals surface area (Å²) < 4.78 is 16.5. The first-order valence-corrected chi connectivity index (χ1v) is 9.32. The molecule has 0 amide bonds. The van der Waals surface area contributed by atoms with Crippen LogP contribution >= 0.6 is 0 Å². The van der Waals surface area contributed by atoms with Crippen LogP contribution in [0, 0.1) is 6.92 Å². The van der Waals surface area contributed by atoms with Gasteiger partial charge in [0.15, 0.2) is 17.5 Å². The van der Waals surface area contributed by atoms with Gasteiger partial charge in [-0.05, 0) is 49.2 Å². The van der Waals surface area contributed by atoms with Crippen LogP contribution in [0.25, 0.3) is 0 Å². The predicted octanol–water partition coefficient (Wildman–Crippen LogP) is 2.88. The number of hydrogen-bond donors (Lipinski definition) is 1. The molecule has 0 saturated heterocycles. The highest BCUT2D eigenvalue weighted by molar-refractivity contribution is 5.79. The van der Waals surface area contributed by atoms with E-state index >= 15 is 0 Å².